The van der Waals surface area contributed by atoms with Gasteiger partial charge in [-0.15, -0.1) is 0 Å². The van der Waals surface area contributed by atoms with Gasteiger partial charge in [0.05, 0.1) is 0 Å². The number of rotatable bonds is 2. The topological polar surface area (TPSA) is 57.2 Å². The fourth-order valence-electron chi connectivity index (χ4n) is 0.0393. The minimum Gasteiger partial charge on any atom is -0.768 e. The predicted octanol–water partition coefficient (Wildman–Crippen LogP) is -0.343. The van der Waals surface area contributed by atoms with Crippen molar-refractivity contribution in [3.63, 3.8) is 0 Å². The van der Waals surface area contributed by atoms with Crippen molar-refractivity contribution in [1.82, 2.24) is 0 Å². The molecule has 0 aromatic rings. The zero-order chi connectivity index (χ0) is 6.78. The minimum atomic E-state index is -4.22. The molecule has 0 aliphatic heterocycles. The van der Waals surface area contributed by atoms with Crippen LogP contribution in [0.2, 0.25) is 0 Å². The zero-order valence-electron chi connectivity index (χ0n) is 3.47. The van der Waals surface area contributed by atoms with Crippen molar-refractivity contribution < 1.29 is 22.3 Å². The monoisotopic (exact) mass is 143 g/mol. The average molecular weight is 143 g/mol. The summed E-state index contributed by atoms with van der Waals surface area (Å²) in [6, 6.07) is 0. The van der Waals surface area contributed by atoms with E-state index in [-0.39, 0.29) is 0 Å². The highest BCUT2D eigenvalue weighted by Crippen LogP contribution is 2.11. The first kappa shape index (κ1) is 7.64. The molecule has 0 spiro atoms. The van der Waals surface area contributed by atoms with Gasteiger partial charge in [-0.3, -0.25) is 9.00 Å². The third-order valence-electron chi connectivity index (χ3n) is 0.359. The normalized spacial score (nSPS) is 15.4. The van der Waals surface area contributed by atoms with E-state index in [0.29, 0.717) is 0 Å². The summed E-state index contributed by atoms with van der Waals surface area (Å²) < 4.78 is 41.1. The SMILES string of the molecule is O=CC(F)(F)S(=O)[O-]. The average Bonchev–Trinajstić information content (AvgIpc) is 1.67. The van der Waals surface area contributed by atoms with E-state index in [1.165, 1.54) is 0 Å². The third-order valence-corrected chi connectivity index (χ3v) is 0.900. The van der Waals surface area contributed by atoms with Gasteiger partial charge < -0.3 is 4.55 Å². The summed E-state index contributed by atoms with van der Waals surface area (Å²) in [5.74, 6) is 0. The molecule has 0 saturated carbocycles. The molecule has 0 saturated heterocycles. The number of alkyl halides is 2. The fraction of sp³-hybridized carbons (Fsp3) is 0.500. The van der Waals surface area contributed by atoms with Gasteiger partial charge in [0.15, 0.2) is 0 Å². The van der Waals surface area contributed by atoms with Gasteiger partial charge in [-0.05, 0) is 0 Å². The maximum Gasteiger partial charge on any atom is 0.363 e. The molecule has 8 heavy (non-hydrogen) atoms. The second-order valence-corrected chi connectivity index (χ2v) is 1.93. The van der Waals surface area contributed by atoms with E-state index in [2.05, 4.69) is 0 Å². The quantitative estimate of drug-likeness (QED) is 0.392. The summed E-state index contributed by atoms with van der Waals surface area (Å²) >= 11 is -3.63. The van der Waals surface area contributed by atoms with Crippen LogP contribution in [0.25, 0.3) is 0 Å². The van der Waals surface area contributed by atoms with Gasteiger partial charge in [-0.25, -0.2) is 0 Å². The molecule has 0 heterocycles. The first-order valence-corrected chi connectivity index (χ1v) is 2.51. The van der Waals surface area contributed by atoms with Crippen LogP contribution in [0.5, 0.6) is 0 Å². The third kappa shape index (κ3) is 1.63. The molecule has 0 amide bonds. The van der Waals surface area contributed by atoms with E-state index >= 15 is 0 Å². The molecule has 0 aliphatic rings. The highest BCUT2D eigenvalue weighted by molar-refractivity contribution is 7.81. The van der Waals surface area contributed by atoms with E-state index in [0.717, 1.165) is 0 Å². The van der Waals surface area contributed by atoms with Gasteiger partial charge in [0.25, 0.3) is 0 Å². The molecule has 3 nitrogen and oxygen atoms in total. The summed E-state index contributed by atoms with van der Waals surface area (Å²) in [6.45, 7) is 0. The molecule has 6 heteroatoms. The van der Waals surface area contributed by atoms with Crippen molar-refractivity contribution in [2.24, 2.45) is 0 Å². The Morgan fingerprint density at radius 2 is 2.00 bits per heavy atom. The van der Waals surface area contributed by atoms with Gasteiger partial charge >= 0.3 is 5.25 Å². The van der Waals surface area contributed by atoms with Gasteiger partial charge in [-0.1, -0.05) is 0 Å². The largest absolute Gasteiger partial charge is 0.768 e. The molecule has 0 aromatic carbocycles. The summed E-state index contributed by atoms with van der Waals surface area (Å²) in [5.41, 5.74) is 0. The smallest absolute Gasteiger partial charge is 0.363 e. The van der Waals surface area contributed by atoms with Crippen molar-refractivity contribution in [3.8, 4) is 0 Å². The minimum absolute atomic E-state index is 0.934. The van der Waals surface area contributed by atoms with Crippen LogP contribution in [0.4, 0.5) is 8.78 Å². The lowest BCUT2D eigenvalue weighted by Crippen LogP contribution is -2.23. The van der Waals surface area contributed by atoms with Gasteiger partial charge in [0.1, 0.15) is 0 Å². The number of aldehydes is 1. The second kappa shape index (κ2) is 2.27. The molecule has 0 bridgehead atoms. The number of hydrogen-bond acceptors (Lipinski definition) is 3. The van der Waals surface area contributed by atoms with E-state index in [9.17, 15) is 17.5 Å². The molecule has 48 valence electrons. The lowest BCUT2D eigenvalue weighted by molar-refractivity contribution is -0.120. The van der Waals surface area contributed by atoms with Crippen LogP contribution in [-0.4, -0.2) is 20.3 Å². The fourth-order valence-corrected chi connectivity index (χ4v) is 0.118. The summed E-state index contributed by atoms with van der Waals surface area (Å²) in [6.07, 6.45) is -0.934. The zero-order valence-corrected chi connectivity index (χ0v) is 4.28. The van der Waals surface area contributed by atoms with E-state index in [4.69, 9.17) is 4.79 Å². The summed E-state index contributed by atoms with van der Waals surface area (Å²) in [4.78, 5) is 9.12. The molecule has 0 aliphatic carbocycles. The van der Waals surface area contributed by atoms with Crippen LogP contribution in [0.1, 0.15) is 0 Å². The Hall–Kier alpha value is -0.360. The Morgan fingerprint density at radius 3 is 2.00 bits per heavy atom. The van der Waals surface area contributed by atoms with Crippen molar-refractivity contribution in [2.75, 3.05) is 0 Å². The van der Waals surface area contributed by atoms with Crippen molar-refractivity contribution in [1.29, 1.82) is 0 Å². The predicted molar refractivity (Wildman–Crippen MR) is 19.9 cm³/mol. The van der Waals surface area contributed by atoms with E-state index in [1.807, 2.05) is 0 Å². The molecule has 1 atom stereocenters. The maximum atomic E-state index is 11.3. The Kier molecular flexibility index (Phi) is 2.17. The van der Waals surface area contributed by atoms with Crippen molar-refractivity contribution in [2.45, 2.75) is 5.25 Å². The van der Waals surface area contributed by atoms with Crippen LogP contribution in [-0.2, 0) is 15.9 Å². The van der Waals surface area contributed by atoms with Gasteiger partial charge in [0, 0.05) is 11.1 Å². The maximum absolute atomic E-state index is 11.3. The Labute approximate surface area is 46.0 Å². The lowest BCUT2D eigenvalue weighted by atomic mass is 10.8. The standard InChI is InChI=1S/C2H2F2O3S/c3-2(4,1-5)8(6)7/h1H,(H,6,7)/p-1. The Bertz CT molecular complexity index is 122. The first-order chi connectivity index (χ1) is 3.50. The lowest BCUT2D eigenvalue weighted by Gasteiger charge is -2.09. The molecular weight excluding hydrogens is 142 g/mol. The van der Waals surface area contributed by atoms with Crippen LogP contribution < -0.4 is 0 Å². The van der Waals surface area contributed by atoms with Crippen LogP contribution in [0.3, 0.4) is 0 Å². The van der Waals surface area contributed by atoms with Crippen LogP contribution in [0, 0.1) is 0 Å². The Morgan fingerprint density at radius 1 is 1.62 bits per heavy atom. The van der Waals surface area contributed by atoms with Crippen LogP contribution >= 0.6 is 0 Å². The molecular formula is C2HF2O3S-. The Balaban J connectivity index is 4.12. The highest BCUT2D eigenvalue weighted by Gasteiger charge is 2.28. The van der Waals surface area contributed by atoms with Crippen LogP contribution in [0.15, 0.2) is 0 Å². The molecule has 0 fully saturated rings. The molecule has 0 radical (unpaired) electrons. The van der Waals surface area contributed by atoms with Gasteiger partial charge in [0.2, 0.25) is 6.29 Å². The van der Waals surface area contributed by atoms with Crippen molar-refractivity contribution >= 4 is 17.4 Å². The molecule has 0 N–H and O–H groups in total. The van der Waals surface area contributed by atoms with E-state index < -0.39 is 22.6 Å². The molecule has 0 aromatic heterocycles. The van der Waals surface area contributed by atoms with Crippen molar-refractivity contribution in [3.05, 3.63) is 0 Å². The summed E-state index contributed by atoms with van der Waals surface area (Å²) in [7, 11) is 0. The number of carbonyl (C=O) groups is 1. The first-order valence-electron chi connectivity index (χ1n) is 1.44. The van der Waals surface area contributed by atoms with E-state index in [1.54, 1.807) is 0 Å². The highest BCUT2D eigenvalue weighted by atomic mass is 32.2. The van der Waals surface area contributed by atoms with Gasteiger partial charge in [-0.2, -0.15) is 8.78 Å². The molecule has 1 unspecified atom stereocenters. The molecule has 0 rings (SSSR count). The number of carbonyl (C=O) groups excluding carboxylic acids is 1. The number of hydrogen-bond donors (Lipinski definition) is 0. The second-order valence-electron chi connectivity index (χ2n) is 0.914. The summed E-state index contributed by atoms with van der Waals surface area (Å²) in [5, 5.41) is -4.22. The number of halogens is 2.